The maximum absolute atomic E-state index is 11.9. The fourth-order valence-electron chi connectivity index (χ4n) is 1.59. The molecule has 2 aromatic heterocycles. The summed E-state index contributed by atoms with van der Waals surface area (Å²) in [4.78, 5) is 13.1. The van der Waals surface area contributed by atoms with E-state index in [9.17, 15) is 4.79 Å². The zero-order valence-electron chi connectivity index (χ0n) is 10.5. The molecule has 19 heavy (non-hydrogen) atoms. The minimum absolute atomic E-state index is 0.131. The van der Waals surface area contributed by atoms with E-state index in [-0.39, 0.29) is 12.5 Å². The Bertz CT molecular complexity index is 606. The SMILES string of the molecule is CCc1cc(C(=O)NCc2nn(C)c(Cl)c2Cl)cs1. The number of thiophene rings is 1. The van der Waals surface area contributed by atoms with Crippen LogP contribution in [0.2, 0.25) is 10.2 Å². The standard InChI is InChI=1S/C12H13Cl2N3OS/c1-3-8-4-7(6-19-8)12(18)15-5-9-10(13)11(14)17(2)16-9/h4,6H,3,5H2,1-2H3,(H,15,18). The molecular formula is C12H13Cl2N3OS. The Labute approximate surface area is 125 Å². The van der Waals surface area contributed by atoms with Crippen molar-refractivity contribution in [2.75, 3.05) is 0 Å². The molecule has 0 spiro atoms. The molecule has 0 aliphatic carbocycles. The van der Waals surface area contributed by atoms with E-state index in [0.29, 0.717) is 21.4 Å². The largest absolute Gasteiger partial charge is 0.346 e. The first-order valence-electron chi connectivity index (χ1n) is 5.75. The van der Waals surface area contributed by atoms with Crippen LogP contribution in [0.1, 0.15) is 27.9 Å². The summed E-state index contributed by atoms with van der Waals surface area (Å²) in [6.45, 7) is 2.32. The summed E-state index contributed by atoms with van der Waals surface area (Å²) in [6.07, 6.45) is 0.930. The third kappa shape index (κ3) is 3.11. The fourth-order valence-corrected chi connectivity index (χ4v) is 2.78. The molecule has 0 radical (unpaired) electrons. The van der Waals surface area contributed by atoms with Crippen LogP contribution in [-0.2, 0) is 20.0 Å². The van der Waals surface area contributed by atoms with Gasteiger partial charge in [-0.25, -0.2) is 0 Å². The van der Waals surface area contributed by atoms with E-state index >= 15 is 0 Å². The van der Waals surface area contributed by atoms with Gasteiger partial charge in [0.05, 0.1) is 12.1 Å². The van der Waals surface area contributed by atoms with Crippen molar-refractivity contribution in [1.29, 1.82) is 0 Å². The lowest BCUT2D eigenvalue weighted by Gasteiger charge is -2.01. The maximum atomic E-state index is 11.9. The van der Waals surface area contributed by atoms with Crippen molar-refractivity contribution in [2.24, 2.45) is 7.05 Å². The first kappa shape index (κ1) is 14.4. The van der Waals surface area contributed by atoms with E-state index in [2.05, 4.69) is 17.3 Å². The van der Waals surface area contributed by atoms with Gasteiger partial charge in [0, 0.05) is 17.3 Å². The van der Waals surface area contributed by atoms with Gasteiger partial charge in [-0.1, -0.05) is 30.1 Å². The molecule has 0 saturated carbocycles. The number of carbonyl (C=O) groups is 1. The summed E-state index contributed by atoms with van der Waals surface area (Å²) in [5, 5.41) is 9.52. The van der Waals surface area contributed by atoms with Crippen molar-refractivity contribution in [3.63, 3.8) is 0 Å². The van der Waals surface area contributed by atoms with E-state index in [1.165, 1.54) is 9.56 Å². The number of nitrogens with zero attached hydrogens (tertiary/aromatic N) is 2. The van der Waals surface area contributed by atoms with Crippen LogP contribution in [0, 0.1) is 0 Å². The highest BCUT2D eigenvalue weighted by molar-refractivity contribution is 7.10. The van der Waals surface area contributed by atoms with Gasteiger partial charge in [0.15, 0.2) is 0 Å². The number of rotatable bonds is 4. The minimum atomic E-state index is -0.131. The van der Waals surface area contributed by atoms with Gasteiger partial charge in [-0.05, 0) is 12.5 Å². The summed E-state index contributed by atoms with van der Waals surface area (Å²) >= 11 is 13.5. The van der Waals surface area contributed by atoms with Gasteiger partial charge < -0.3 is 5.32 Å². The minimum Gasteiger partial charge on any atom is -0.346 e. The second kappa shape index (κ2) is 5.94. The third-order valence-corrected chi connectivity index (χ3v) is 4.68. The smallest absolute Gasteiger partial charge is 0.252 e. The Balaban J connectivity index is 2.02. The topological polar surface area (TPSA) is 46.9 Å². The lowest BCUT2D eigenvalue weighted by atomic mass is 10.2. The molecule has 0 aromatic carbocycles. The van der Waals surface area contributed by atoms with Crippen LogP contribution in [0.4, 0.5) is 0 Å². The number of aromatic nitrogens is 2. The molecule has 4 nitrogen and oxygen atoms in total. The van der Waals surface area contributed by atoms with Crippen molar-refractivity contribution < 1.29 is 4.79 Å². The zero-order chi connectivity index (χ0) is 14.0. The van der Waals surface area contributed by atoms with Crippen LogP contribution in [0.25, 0.3) is 0 Å². The fraction of sp³-hybridized carbons (Fsp3) is 0.333. The number of amides is 1. The molecule has 102 valence electrons. The number of aryl methyl sites for hydroxylation is 2. The highest BCUT2D eigenvalue weighted by Crippen LogP contribution is 2.24. The number of carbonyl (C=O) groups excluding carboxylic acids is 1. The molecule has 1 amide bonds. The lowest BCUT2D eigenvalue weighted by molar-refractivity contribution is 0.0951. The average molecular weight is 318 g/mol. The van der Waals surface area contributed by atoms with Crippen LogP contribution < -0.4 is 5.32 Å². The number of hydrogen-bond donors (Lipinski definition) is 1. The first-order chi connectivity index (χ1) is 9.02. The van der Waals surface area contributed by atoms with Gasteiger partial charge in [-0.3, -0.25) is 9.48 Å². The van der Waals surface area contributed by atoms with E-state index in [0.717, 1.165) is 6.42 Å². The predicted octanol–water partition coefficient (Wildman–Crippen LogP) is 3.28. The summed E-state index contributed by atoms with van der Waals surface area (Å²) in [5.41, 5.74) is 1.23. The molecule has 2 heterocycles. The summed E-state index contributed by atoms with van der Waals surface area (Å²) < 4.78 is 1.48. The van der Waals surface area contributed by atoms with Crippen LogP contribution in [-0.4, -0.2) is 15.7 Å². The Morgan fingerprint density at radius 1 is 1.53 bits per heavy atom. The van der Waals surface area contributed by atoms with Crippen LogP contribution in [0.3, 0.4) is 0 Å². The summed E-state index contributed by atoms with van der Waals surface area (Å²) in [6, 6.07) is 1.90. The highest BCUT2D eigenvalue weighted by atomic mass is 35.5. The van der Waals surface area contributed by atoms with Gasteiger partial charge >= 0.3 is 0 Å². The zero-order valence-corrected chi connectivity index (χ0v) is 12.9. The summed E-state index contributed by atoms with van der Waals surface area (Å²) in [7, 11) is 1.70. The number of halogens is 2. The second-order valence-corrected chi connectivity index (χ2v) is 5.74. The quantitative estimate of drug-likeness (QED) is 0.940. The van der Waals surface area contributed by atoms with Crippen molar-refractivity contribution >= 4 is 40.4 Å². The Morgan fingerprint density at radius 2 is 2.26 bits per heavy atom. The van der Waals surface area contributed by atoms with Crippen molar-refractivity contribution in [2.45, 2.75) is 19.9 Å². The Kier molecular flexibility index (Phi) is 4.50. The molecule has 2 aromatic rings. The van der Waals surface area contributed by atoms with Gasteiger partial charge in [0.1, 0.15) is 15.9 Å². The van der Waals surface area contributed by atoms with Crippen LogP contribution in [0.5, 0.6) is 0 Å². The van der Waals surface area contributed by atoms with Crippen LogP contribution in [0.15, 0.2) is 11.4 Å². The lowest BCUT2D eigenvalue weighted by Crippen LogP contribution is -2.22. The second-order valence-electron chi connectivity index (χ2n) is 4.01. The molecule has 0 saturated heterocycles. The van der Waals surface area contributed by atoms with E-state index in [4.69, 9.17) is 23.2 Å². The third-order valence-electron chi connectivity index (χ3n) is 2.67. The molecule has 0 aliphatic heterocycles. The molecule has 0 bridgehead atoms. The van der Waals surface area contributed by atoms with Gasteiger partial charge in [-0.15, -0.1) is 11.3 Å². The molecule has 0 unspecified atom stereocenters. The number of nitrogens with one attached hydrogen (secondary N) is 1. The average Bonchev–Trinajstić information content (AvgIpc) is 2.97. The summed E-state index contributed by atoms with van der Waals surface area (Å²) in [5.74, 6) is -0.131. The first-order valence-corrected chi connectivity index (χ1v) is 7.39. The Morgan fingerprint density at radius 3 is 2.79 bits per heavy atom. The maximum Gasteiger partial charge on any atom is 0.252 e. The molecule has 1 N–H and O–H groups in total. The molecule has 2 rings (SSSR count). The highest BCUT2D eigenvalue weighted by Gasteiger charge is 2.14. The van der Waals surface area contributed by atoms with E-state index < -0.39 is 0 Å². The molecule has 0 atom stereocenters. The normalized spacial score (nSPS) is 10.7. The van der Waals surface area contributed by atoms with Crippen molar-refractivity contribution in [3.8, 4) is 0 Å². The van der Waals surface area contributed by atoms with E-state index in [1.54, 1.807) is 18.4 Å². The van der Waals surface area contributed by atoms with Crippen LogP contribution >= 0.6 is 34.5 Å². The van der Waals surface area contributed by atoms with Gasteiger partial charge in [0.2, 0.25) is 0 Å². The molecule has 7 heteroatoms. The van der Waals surface area contributed by atoms with Crippen molar-refractivity contribution in [1.82, 2.24) is 15.1 Å². The monoisotopic (exact) mass is 317 g/mol. The number of hydrogen-bond acceptors (Lipinski definition) is 3. The van der Waals surface area contributed by atoms with E-state index in [1.807, 2.05) is 11.4 Å². The van der Waals surface area contributed by atoms with Gasteiger partial charge in [0.25, 0.3) is 5.91 Å². The van der Waals surface area contributed by atoms with Gasteiger partial charge in [-0.2, -0.15) is 5.10 Å². The van der Waals surface area contributed by atoms with Crippen molar-refractivity contribution in [3.05, 3.63) is 37.8 Å². The molecule has 0 fully saturated rings. The molecule has 0 aliphatic rings. The Hall–Kier alpha value is -1.04. The molecular weight excluding hydrogens is 305 g/mol. The predicted molar refractivity (Wildman–Crippen MR) is 78.1 cm³/mol.